The number of hydrogen-bond donors (Lipinski definition) is 4. The molecule has 4 amide bonds. The number of hydrogen-bond acceptors (Lipinski definition) is 6. The highest BCUT2D eigenvalue weighted by Crippen LogP contribution is 2.44. The van der Waals surface area contributed by atoms with Gasteiger partial charge in [0.2, 0.25) is 17.7 Å². The van der Waals surface area contributed by atoms with Crippen molar-refractivity contribution in [2.24, 2.45) is 5.73 Å². The third-order valence-corrected chi connectivity index (χ3v) is 7.21. The van der Waals surface area contributed by atoms with Gasteiger partial charge in [0.15, 0.2) is 0 Å². The lowest BCUT2D eigenvalue weighted by Crippen LogP contribution is -2.53. The van der Waals surface area contributed by atoms with Gasteiger partial charge in [-0.25, -0.2) is 0 Å². The van der Waals surface area contributed by atoms with Crippen LogP contribution >= 0.6 is 0 Å². The molecule has 2 heterocycles. The molecule has 1 aromatic rings. The summed E-state index contributed by atoms with van der Waals surface area (Å²) in [4.78, 5) is 51.0. The van der Waals surface area contributed by atoms with Gasteiger partial charge in [0.1, 0.15) is 6.04 Å². The van der Waals surface area contributed by atoms with Crippen LogP contribution in [-0.4, -0.2) is 53.2 Å². The van der Waals surface area contributed by atoms with Gasteiger partial charge < -0.3 is 21.3 Å². The highest BCUT2D eigenvalue weighted by molar-refractivity contribution is 6.06. The van der Waals surface area contributed by atoms with Crippen molar-refractivity contribution in [3.63, 3.8) is 0 Å². The molecule has 9 heteroatoms. The van der Waals surface area contributed by atoms with Crippen LogP contribution in [0.5, 0.6) is 0 Å². The molecule has 1 saturated heterocycles. The van der Waals surface area contributed by atoms with Crippen LogP contribution in [0.25, 0.3) is 0 Å². The number of anilines is 1. The summed E-state index contributed by atoms with van der Waals surface area (Å²) in [5.74, 6) is -0.834. The minimum atomic E-state index is -0.651. The number of unbranched alkanes of at least 4 members (excludes halogenated alkanes) is 1. The van der Waals surface area contributed by atoms with Crippen LogP contribution in [0.2, 0.25) is 0 Å². The predicted molar refractivity (Wildman–Crippen MR) is 128 cm³/mol. The maximum Gasteiger partial charge on any atom is 0.255 e. The topological polar surface area (TPSA) is 134 Å². The normalized spacial score (nSPS) is 26.8. The minimum Gasteiger partial charge on any atom is -0.382 e. The number of nitrogens with two attached hydrogens (primary N) is 1. The van der Waals surface area contributed by atoms with Gasteiger partial charge in [0.05, 0.1) is 6.04 Å². The number of carbonyl (C=O) groups is 4. The van der Waals surface area contributed by atoms with Gasteiger partial charge >= 0.3 is 0 Å². The van der Waals surface area contributed by atoms with E-state index in [2.05, 4.69) is 16.0 Å². The van der Waals surface area contributed by atoms with E-state index < -0.39 is 11.9 Å². The quantitative estimate of drug-likeness (QED) is 0.340. The van der Waals surface area contributed by atoms with E-state index in [1.165, 1.54) is 0 Å². The first-order valence-electron chi connectivity index (χ1n) is 12.4. The highest BCUT2D eigenvalue weighted by Gasteiger charge is 2.45. The van der Waals surface area contributed by atoms with Crippen molar-refractivity contribution >= 4 is 29.3 Å². The van der Waals surface area contributed by atoms with Crippen molar-refractivity contribution < 1.29 is 19.2 Å². The lowest BCUT2D eigenvalue weighted by Gasteiger charge is -2.35. The van der Waals surface area contributed by atoms with Gasteiger partial charge in [0.25, 0.3) is 5.91 Å². The summed E-state index contributed by atoms with van der Waals surface area (Å²) in [6.07, 6.45) is 6.64. The Labute approximate surface area is 200 Å². The third kappa shape index (κ3) is 5.09. The molecule has 2 aliphatic heterocycles. The Bertz CT molecular complexity index is 957. The van der Waals surface area contributed by atoms with Crippen molar-refractivity contribution in [2.45, 2.75) is 88.9 Å². The summed E-state index contributed by atoms with van der Waals surface area (Å²) in [6.45, 7) is 2.12. The number of nitrogens with zero attached hydrogens (tertiary/aromatic N) is 1. The van der Waals surface area contributed by atoms with E-state index in [0.717, 1.165) is 49.8 Å². The second kappa shape index (κ2) is 10.5. The number of fused-ring (bicyclic) bond motifs is 1. The molecule has 5 N–H and O–H groups in total. The van der Waals surface area contributed by atoms with Crippen molar-refractivity contribution in [2.75, 3.05) is 11.9 Å². The lowest BCUT2D eigenvalue weighted by atomic mass is 9.90. The van der Waals surface area contributed by atoms with Gasteiger partial charge in [-0.2, -0.15) is 0 Å². The van der Waals surface area contributed by atoms with Crippen LogP contribution in [0.3, 0.4) is 0 Å². The second-order valence-corrected chi connectivity index (χ2v) is 9.64. The number of nitrogens with one attached hydrogen (secondary N) is 3. The molecule has 0 unspecified atom stereocenters. The van der Waals surface area contributed by atoms with Crippen LogP contribution in [0, 0.1) is 0 Å². The molecule has 0 radical (unpaired) electrons. The van der Waals surface area contributed by atoms with Gasteiger partial charge in [-0.15, -0.1) is 0 Å². The predicted octanol–water partition coefficient (Wildman–Crippen LogP) is 1.98. The summed E-state index contributed by atoms with van der Waals surface area (Å²) in [6, 6.07) is 5.30. The van der Waals surface area contributed by atoms with Gasteiger partial charge in [-0.3, -0.25) is 24.5 Å². The van der Waals surface area contributed by atoms with Crippen molar-refractivity contribution in [1.82, 2.24) is 15.5 Å². The van der Waals surface area contributed by atoms with Gasteiger partial charge in [-0.1, -0.05) is 6.07 Å². The Morgan fingerprint density at radius 3 is 2.50 bits per heavy atom. The fourth-order valence-corrected chi connectivity index (χ4v) is 5.62. The number of imide groups is 1. The van der Waals surface area contributed by atoms with E-state index in [1.54, 1.807) is 11.8 Å². The maximum atomic E-state index is 13.5. The summed E-state index contributed by atoms with van der Waals surface area (Å²) in [7, 11) is 0. The highest BCUT2D eigenvalue weighted by atomic mass is 16.2. The standard InChI is InChI=1S/C25H35N5O4/c1-15(31)27-16-8-10-17(11-9-16)28-19-6-4-5-18-23(19)20(7-2-3-14-26)30(25(18)34)21-12-13-22(32)29-24(21)33/h4-6,16-17,20-21,28H,2-3,7-14,26H2,1H3,(H,27,31)(H,29,32,33)/t16?,17?,20-,21-/m1/s1. The van der Waals surface area contributed by atoms with E-state index in [1.807, 2.05) is 18.2 Å². The molecule has 184 valence electrons. The fraction of sp³-hybridized carbons (Fsp3) is 0.600. The number of piperidine rings is 1. The van der Waals surface area contributed by atoms with Crippen LogP contribution < -0.4 is 21.7 Å². The molecule has 2 fully saturated rings. The van der Waals surface area contributed by atoms with E-state index in [9.17, 15) is 19.2 Å². The second-order valence-electron chi connectivity index (χ2n) is 9.64. The molecule has 0 aromatic heterocycles. The average molecular weight is 470 g/mol. The van der Waals surface area contributed by atoms with Crippen molar-refractivity contribution in [3.8, 4) is 0 Å². The fourth-order valence-electron chi connectivity index (χ4n) is 5.62. The summed E-state index contributed by atoms with van der Waals surface area (Å²) >= 11 is 0. The zero-order chi connectivity index (χ0) is 24.2. The van der Waals surface area contributed by atoms with Crippen LogP contribution in [0.1, 0.15) is 86.7 Å². The van der Waals surface area contributed by atoms with Crippen LogP contribution in [0.15, 0.2) is 18.2 Å². The molecule has 4 rings (SSSR count). The van der Waals surface area contributed by atoms with Gasteiger partial charge in [0, 0.05) is 42.2 Å². The van der Waals surface area contributed by atoms with E-state index >= 15 is 0 Å². The molecule has 1 saturated carbocycles. The molecule has 1 aromatic carbocycles. The summed E-state index contributed by atoms with van der Waals surface area (Å²) in [5, 5.41) is 9.08. The van der Waals surface area contributed by atoms with Crippen LogP contribution in [-0.2, 0) is 14.4 Å². The zero-order valence-corrected chi connectivity index (χ0v) is 19.8. The average Bonchev–Trinajstić information content (AvgIpc) is 3.08. The Balaban J connectivity index is 1.57. The molecule has 0 bridgehead atoms. The number of carbonyl (C=O) groups excluding carboxylic acids is 4. The first kappa shape index (κ1) is 24.2. The molecular formula is C25H35N5O4. The first-order chi connectivity index (χ1) is 16.4. The molecule has 9 nitrogen and oxygen atoms in total. The monoisotopic (exact) mass is 469 g/mol. The lowest BCUT2D eigenvalue weighted by molar-refractivity contribution is -0.137. The van der Waals surface area contributed by atoms with Crippen molar-refractivity contribution in [1.29, 1.82) is 0 Å². The summed E-state index contributed by atoms with van der Waals surface area (Å²) < 4.78 is 0. The SMILES string of the molecule is CC(=O)NC1CCC(Nc2cccc3c2[C@@H](CCCCN)N([C@@H]2CCC(=O)NC2=O)C3=O)CC1. The number of rotatable bonds is 8. The molecule has 0 spiro atoms. The Kier molecular flexibility index (Phi) is 7.50. The van der Waals surface area contributed by atoms with E-state index in [4.69, 9.17) is 5.73 Å². The smallest absolute Gasteiger partial charge is 0.255 e. The Hall–Kier alpha value is -2.94. The molecule has 1 aliphatic carbocycles. The Morgan fingerprint density at radius 2 is 1.82 bits per heavy atom. The molecular weight excluding hydrogens is 434 g/mol. The minimum absolute atomic E-state index is 0.00432. The summed E-state index contributed by atoms with van der Waals surface area (Å²) in [5.41, 5.74) is 8.22. The number of benzene rings is 1. The third-order valence-electron chi connectivity index (χ3n) is 7.21. The zero-order valence-electron chi connectivity index (χ0n) is 19.8. The maximum absolute atomic E-state index is 13.5. The van der Waals surface area contributed by atoms with Gasteiger partial charge in [-0.05, 0) is 70.0 Å². The Morgan fingerprint density at radius 1 is 1.09 bits per heavy atom. The molecule has 34 heavy (non-hydrogen) atoms. The van der Waals surface area contributed by atoms with E-state index in [-0.39, 0.29) is 42.3 Å². The number of amides is 4. The van der Waals surface area contributed by atoms with Crippen LogP contribution in [0.4, 0.5) is 5.69 Å². The molecule has 2 atom stereocenters. The van der Waals surface area contributed by atoms with Crippen molar-refractivity contribution in [3.05, 3.63) is 29.3 Å². The van der Waals surface area contributed by atoms with E-state index in [0.29, 0.717) is 24.9 Å². The largest absolute Gasteiger partial charge is 0.382 e. The molecule has 3 aliphatic rings. The first-order valence-corrected chi connectivity index (χ1v) is 12.4.